The number of amidine groups is 1. The summed E-state index contributed by atoms with van der Waals surface area (Å²) in [6.45, 7) is 8.48. The van der Waals surface area contributed by atoms with E-state index < -0.39 is 0 Å². The maximum absolute atomic E-state index is 5.95. The van der Waals surface area contributed by atoms with E-state index in [0.29, 0.717) is 5.92 Å². The van der Waals surface area contributed by atoms with E-state index in [-0.39, 0.29) is 6.17 Å². The third kappa shape index (κ3) is 3.20. The molecule has 1 aliphatic rings. The van der Waals surface area contributed by atoms with Gasteiger partial charge in [0.2, 0.25) is 0 Å². The average molecular weight is 211 g/mol. The summed E-state index contributed by atoms with van der Waals surface area (Å²) >= 11 is 0. The van der Waals surface area contributed by atoms with Crippen molar-refractivity contribution in [2.45, 2.75) is 52.6 Å². The molecule has 0 fully saturated rings. The van der Waals surface area contributed by atoms with E-state index >= 15 is 0 Å². The van der Waals surface area contributed by atoms with Crippen molar-refractivity contribution >= 4 is 5.84 Å². The zero-order chi connectivity index (χ0) is 11.3. The van der Waals surface area contributed by atoms with Crippen LogP contribution in [0.25, 0.3) is 0 Å². The van der Waals surface area contributed by atoms with Gasteiger partial charge in [-0.2, -0.15) is 0 Å². The largest absolute Gasteiger partial charge is 0.343 e. The van der Waals surface area contributed by atoms with Crippen molar-refractivity contribution in [3.63, 3.8) is 0 Å². The molecule has 1 aliphatic heterocycles. The quantitative estimate of drug-likeness (QED) is 0.732. The molecule has 0 saturated heterocycles. The topological polar surface area (TPSA) is 41.6 Å². The average Bonchev–Trinajstić information content (AvgIpc) is 2.68. The molecule has 0 aromatic heterocycles. The molecule has 0 saturated carbocycles. The lowest BCUT2D eigenvalue weighted by Crippen LogP contribution is -2.44. The Hall–Kier alpha value is -0.570. The van der Waals surface area contributed by atoms with Gasteiger partial charge in [-0.3, -0.25) is 4.99 Å². The van der Waals surface area contributed by atoms with Crippen LogP contribution in [-0.2, 0) is 0 Å². The van der Waals surface area contributed by atoms with Crippen LogP contribution in [0.2, 0.25) is 0 Å². The van der Waals surface area contributed by atoms with Gasteiger partial charge in [-0.05, 0) is 19.8 Å². The number of aliphatic imine (C=N–C) groups is 1. The molecule has 2 unspecified atom stereocenters. The lowest BCUT2D eigenvalue weighted by Gasteiger charge is -2.29. The second-order valence-electron chi connectivity index (χ2n) is 4.42. The first-order valence-corrected chi connectivity index (χ1v) is 6.27. The van der Waals surface area contributed by atoms with E-state index in [1.54, 1.807) is 0 Å². The standard InChI is InChI=1S/C12H25N3/c1-4-6-7-11(5-2)12-14-8-9-15(12)10(3)13/h10-11H,4-9,13H2,1-3H3. The van der Waals surface area contributed by atoms with Crippen LogP contribution in [0.3, 0.4) is 0 Å². The summed E-state index contributed by atoms with van der Waals surface area (Å²) in [5, 5.41) is 0. The van der Waals surface area contributed by atoms with Gasteiger partial charge >= 0.3 is 0 Å². The van der Waals surface area contributed by atoms with E-state index in [2.05, 4.69) is 23.7 Å². The molecule has 3 heteroatoms. The Labute approximate surface area is 93.7 Å². The van der Waals surface area contributed by atoms with Crippen LogP contribution in [0.4, 0.5) is 0 Å². The smallest absolute Gasteiger partial charge is 0.103 e. The Balaban J connectivity index is 2.58. The Morgan fingerprint density at radius 3 is 2.73 bits per heavy atom. The summed E-state index contributed by atoms with van der Waals surface area (Å²) in [5.74, 6) is 1.89. The van der Waals surface area contributed by atoms with Crippen LogP contribution in [0.15, 0.2) is 4.99 Å². The molecule has 0 amide bonds. The Morgan fingerprint density at radius 1 is 1.47 bits per heavy atom. The van der Waals surface area contributed by atoms with Crippen LogP contribution >= 0.6 is 0 Å². The highest BCUT2D eigenvalue weighted by atomic mass is 15.3. The molecule has 88 valence electrons. The molecule has 0 aromatic rings. The molecule has 15 heavy (non-hydrogen) atoms. The van der Waals surface area contributed by atoms with Gasteiger partial charge in [-0.15, -0.1) is 0 Å². The number of unbranched alkanes of at least 4 members (excludes halogenated alkanes) is 1. The minimum absolute atomic E-state index is 0.113. The minimum atomic E-state index is 0.113. The highest BCUT2D eigenvalue weighted by Gasteiger charge is 2.25. The summed E-state index contributed by atoms with van der Waals surface area (Å²) in [4.78, 5) is 6.89. The lowest BCUT2D eigenvalue weighted by atomic mass is 9.97. The fourth-order valence-corrected chi connectivity index (χ4v) is 2.22. The van der Waals surface area contributed by atoms with Crippen LogP contribution in [0.5, 0.6) is 0 Å². The van der Waals surface area contributed by atoms with E-state index in [9.17, 15) is 0 Å². The van der Waals surface area contributed by atoms with Gasteiger partial charge in [0.05, 0.1) is 12.7 Å². The molecule has 0 bridgehead atoms. The highest BCUT2D eigenvalue weighted by molar-refractivity contribution is 5.86. The third-order valence-electron chi connectivity index (χ3n) is 3.16. The first kappa shape index (κ1) is 12.5. The van der Waals surface area contributed by atoms with Gasteiger partial charge in [-0.1, -0.05) is 26.7 Å². The van der Waals surface area contributed by atoms with Gasteiger partial charge < -0.3 is 10.6 Å². The summed E-state index contributed by atoms with van der Waals surface area (Å²) in [6, 6.07) is 0. The third-order valence-corrected chi connectivity index (χ3v) is 3.16. The normalized spacial score (nSPS) is 20.3. The van der Waals surface area contributed by atoms with Crippen molar-refractivity contribution in [3.05, 3.63) is 0 Å². The number of hydrogen-bond acceptors (Lipinski definition) is 3. The lowest BCUT2D eigenvalue weighted by molar-refractivity contribution is 0.342. The van der Waals surface area contributed by atoms with E-state index in [0.717, 1.165) is 13.1 Å². The van der Waals surface area contributed by atoms with Gasteiger partial charge in [0.1, 0.15) is 5.84 Å². The van der Waals surface area contributed by atoms with Crippen molar-refractivity contribution in [2.75, 3.05) is 13.1 Å². The second kappa shape index (κ2) is 6.11. The fraction of sp³-hybridized carbons (Fsp3) is 0.917. The molecule has 0 radical (unpaired) electrons. The van der Waals surface area contributed by atoms with Crippen molar-refractivity contribution in [3.8, 4) is 0 Å². The van der Waals surface area contributed by atoms with Crippen LogP contribution < -0.4 is 5.73 Å². The van der Waals surface area contributed by atoms with Crippen molar-refractivity contribution in [1.29, 1.82) is 0 Å². The molecule has 0 aromatic carbocycles. The van der Waals surface area contributed by atoms with Gasteiger partial charge in [0.25, 0.3) is 0 Å². The van der Waals surface area contributed by atoms with Crippen LogP contribution in [0, 0.1) is 5.92 Å². The number of rotatable bonds is 6. The van der Waals surface area contributed by atoms with Crippen molar-refractivity contribution in [1.82, 2.24) is 4.90 Å². The maximum Gasteiger partial charge on any atom is 0.103 e. The first-order chi connectivity index (χ1) is 7.20. The first-order valence-electron chi connectivity index (χ1n) is 6.27. The molecule has 2 atom stereocenters. The highest BCUT2D eigenvalue weighted by Crippen LogP contribution is 2.20. The second-order valence-corrected chi connectivity index (χ2v) is 4.42. The molecule has 1 rings (SSSR count). The molecular weight excluding hydrogens is 186 g/mol. The van der Waals surface area contributed by atoms with Gasteiger partial charge in [-0.25, -0.2) is 0 Å². The molecule has 3 nitrogen and oxygen atoms in total. The van der Waals surface area contributed by atoms with Crippen molar-refractivity contribution < 1.29 is 0 Å². The van der Waals surface area contributed by atoms with Crippen LogP contribution in [-0.4, -0.2) is 30.0 Å². The van der Waals surface area contributed by atoms with E-state index in [4.69, 9.17) is 5.73 Å². The summed E-state index contributed by atoms with van der Waals surface area (Å²) in [7, 11) is 0. The minimum Gasteiger partial charge on any atom is -0.343 e. The Bertz CT molecular complexity index is 211. The van der Waals surface area contributed by atoms with Crippen molar-refractivity contribution in [2.24, 2.45) is 16.6 Å². The van der Waals surface area contributed by atoms with Crippen LogP contribution in [0.1, 0.15) is 46.5 Å². The Morgan fingerprint density at radius 2 is 2.20 bits per heavy atom. The predicted molar refractivity (Wildman–Crippen MR) is 66.0 cm³/mol. The fourth-order valence-electron chi connectivity index (χ4n) is 2.22. The van der Waals surface area contributed by atoms with Gasteiger partial charge in [0, 0.05) is 12.5 Å². The summed E-state index contributed by atoms with van der Waals surface area (Å²) in [5.41, 5.74) is 5.95. The zero-order valence-electron chi connectivity index (χ0n) is 10.4. The number of hydrogen-bond donors (Lipinski definition) is 1. The van der Waals surface area contributed by atoms with E-state index in [1.807, 2.05) is 6.92 Å². The SMILES string of the molecule is CCCCC(CC)C1=NCCN1C(C)N. The predicted octanol–water partition coefficient (Wildman–Crippen LogP) is 2.22. The van der Waals surface area contributed by atoms with E-state index in [1.165, 1.54) is 31.5 Å². The maximum atomic E-state index is 5.95. The molecule has 2 N–H and O–H groups in total. The molecule has 0 aliphatic carbocycles. The zero-order valence-corrected chi connectivity index (χ0v) is 10.4. The summed E-state index contributed by atoms with van der Waals surface area (Å²) < 4.78 is 0. The molecule has 0 spiro atoms. The molecule has 1 heterocycles. The number of nitrogens with zero attached hydrogens (tertiary/aromatic N) is 2. The summed E-state index contributed by atoms with van der Waals surface area (Å²) in [6.07, 6.45) is 5.12. The Kier molecular flexibility index (Phi) is 5.09. The molecular formula is C12H25N3. The number of nitrogens with two attached hydrogens (primary N) is 1. The monoisotopic (exact) mass is 211 g/mol. The van der Waals surface area contributed by atoms with Gasteiger partial charge in [0.15, 0.2) is 0 Å².